The number of halogens is 1. The molecule has 0 aliphatic carbocycles. The van der Waals surface area contributed by atoms with Crippen LogP contribution in [0.4, 0.5) is 0 Å². The molecule has 0 fully saturated rings. The van der Waals surface area contributed by atoms with E-state index in [1.807, 2.05) is 38.1 Å². The van der Waals surface area contributed by atoms with Gasteiger partial charge in [-0.25, -0.2) is 0 Å². The molecule has 0 radical (unpaired) electrons. The van der Waals surface area contributed by atoms with Crippen molar-refractivity contribution in [1.82, 2.24) is 5.32 Å². The van der Waals surface area contributed by atoms with E-state index in [0.29, 0.717) is 17.4 Å². The number of rotatable bonds is 7. The molecule has 5 heteroatoms. The van der Waals surface area contributed by atoms with Gasteiger partial charge < -0.3 is 14.8 Å². The third-order valence-electron chi connectivity index (χ3n) is 3.39. The zero-order chi connectivity index (χ0) is 17.5. The highest BCUT2D eigenvalue weighted by Gasteiger charge is 2.17. The van der Waals surface area contributed by atoms with Crippen molar-refractivity contribution in [2.24, 2.45) is 0 Å². The van der Waals surface area contributed by atoms with Crippen LogP contribution in [-0.4, -0.2) is 24.7 Å². The fourth-order valence-corrected chi connectivity index (χ4v) is 2.24. The Bertz CT molecular complexity index is 673. The first-order valence-electron chi connectivity index (χ1n) is 7.86. The summed E-state index contributed by atoms with van der Waals surface area (Å²) in [5.41, 5.74) is 1.18. The molecule has 0 aromatic heterocycles. The van der Waals surface area contributed by atoms with Crippen LogP contribution in [0.15, 0.2) is 48.5 Å². The van der Waals surface area contributed by atoms with Gasteiger partial charge >= 0.3 is 0 Å². The standard InChI is InChI=1S/C19H22ClNO3/c1-13-7-9-17(10-8-13)23-12-14(2)21-19(22)15(3)24-18-6-4-5-16(20)11-18/h4-11,14-15H,12H2,1-3H3,(H,21,22)/t14-,15-/m0/s1. The molecule has 128 valence electrons. The summed E-state index contributed by atoms with van der Waals surface area (Å²) in [6, 6.07) is 14.6. The van der Waals surface area contributed by atoms with Crippen LogP contribution >= 0.6 is 11.6 Å². The molecule has 0 saturated heterocycles. The van der Waals surface area contributed by atoms with E-state index in [2.05, 4.69) is 5.32 Å². The molecule has 0 bridgehead atoms. The molecular weight excluding hydrogens is 326 g/mol. The van der Waals surface area contributed by atoms with E-state index in [1.54, 1.807) is 31.2 Å². The van der Waals surface area contributed by atoms with Crippen molar-refractivity contribution >= 4 is 17.5 Å². The van der Waals surface area contributed by atoms with Crippen molar-refractivity contribution < 1.29 is 14.3 Å². The second-order valence-corrected chi connectivity index (χ2v) is 6.19. The molecule has 1 amide bonds. The van der Waals surface area contributed by atoms with E-state index in [-0.39, 0.29) is 11.9 Å². The van der Waals surface area contributed by atoms with Gasteiger partial charge in [0.1, 0.15) is 18.1 Å². The van der Waals surface area contributed by atoms with Crippen molar-refractivity contribution in [3.8, 4) is 11.5 Å². The fourth-order valence-electron chi connectivity index (χ4n) is 2.06. The minimum Gasteiger partial charge on any atom is -0.491 e. The molecule has 2 aromatic rings. The first-order valence-corrected chi connectivity index (χ1v) is 8.24. The van der Waals surface area contributed by atoms with Gasteiger partial charge in [0, 0.05) is 5.02 Å². The number of benzene rings is 2. The minimum absolute atomic E-state index is 0.135. The molecular formula is C19H22ClNO3. The van der Waals surface area contributed by atoms with Crippen LogP contribution in [0.3, 0.4) is 0 Å². The Hall–Kier alpha value is -2.20. The molecule has 0 spiro atoms. The molecule has 0 saturated carbocycles. The number of nitrogens with one attached hydrogen (secondary N) is 1. The zero-order valence-electron chi connectivity index (χ0n) is 14.1. The Balaban J connectivity index is 1.78. The molecule has 0 unspecified atom stereocenters. The number of carbonyl (C=O) groups is 1. The molecule has 2 aromatic carbocycles. The molecule has 4 nitrogen and oxygen atoms in total. The molecule has 0 aliphatic heterocycles. The van der Waals surface area contributed by atoms with Crippen LogP contribution < -0.4 is 14.8 Å². The van der Waals surface area contributed by atoms with Crippen molar-refractivity contribution in [1.29, 1.82) is 0 Å². The maximum Gasteiger partial charge on any atom is 0.261 e. The summed E-state index contributed by atoms with van der Waals surface area (Å²) in [5, 5.41) is 3.44. The van der Waals surface area contributed by atoms with Gasteiger partial charge in [-0.05, 0) is 51.1 Å². The van der Waals surface area contributed by atoms with E-state index in [0.717, 1.165) is 5.75 Å². The molecule has 24 heavy (non-hydrogen) atoms. The maximum atomic E-state index is 12.2. The summed E-state index contributed by atoms with van der Waals surface area (Å²) in [7, 11) is 0. The zero-order valence-corrected chi connectivity index (χ0v) is 14.8. The van der Waals surface area contributed by atoms with Crippen LogP contribution in [0, 0.1) is 6.92 Å². The lowest BCUT2D eigenvalue weighted by Crippen LogP contribution is -2.43. The van der Waals surface area contributed by atoms with Crippen LogP contribution in [0.25, 0.3) is 0 Å². The minimum atomic E-state index is -0.620. The highest BCUT2D eigenvalue weighted by molar-refractivity contribution is 6.30. The van der Waals surface area contributed by atoms with E-state index in [4.69, 9.17) is 21.1 Å². The molecule has 1 N–H and O–H groups in total. The van der Waals surface area contributed by atoms with Crippen molar-refractivity contribution in [3.05, 3.63) is 59.1 Å². The van der Waals surface area contributed by atoms with Gasteiger partial charge in [-0.3, -0.25) is 4.79 Å². The number of hydrogen-bond donors (Lipinski definition) is 1. The molecule has 2 rings (SSSR count). The Morgan fingerprint density at radius 1 is 1.12 bits per heavy atom. The largest absolute Gasteiger partial charge is 0.491 e. The van der Waals surface area contributed by atoms with Gasteiger partial charge in [0.2, 0.25) is 0 Å². The smallest absolute Gasteiger partial charge is 0.261 e. The highest BCUT2D eigenvalue weighted by Crippen LogP contribution is 2.18. The normalized spacial score (nSPS) is 13.0. The van der Waals surface area contributed by atoms with Gasteiger partial charge in [0.05, 0.1) is 6.04 Å². The van der Waals surface area contributed by atoms with Crippen molar-refractivity contribution in [3.63, 3.8) is 0 Å². The summed E-state index contributed by atoms with van der Waals surface area (Å²) in [5.74, 6) is 1.15. The Labute approximate surface area is 147 Å². The first-order chi connectivity index (χ1) is 11.4. The first kappa shape index (κ1) is 18.1. The fraction of sp³-hybridized carbons (Fsp3) is 0.316. The Morgan fingerprint density at radius 2 is 1.83 bits per heavy atom. The van der Waals surface area contributed by atoms with Crippen LogP contribution in [0.5, 0.6) is 11.5 Å². The van der Waals surface area contributed by atoms with Gasteiger partial charge in [-0.2, -0.15) is 0 Å². The summed E-state index contributed by atoms with van der Waals surface area (Å²) < 4.78 is 11.3. The molecule has 0 heterocycles. The number of hydrogen-bond acceptors (Lipinski definition) is 3. The van der Waals surface area contributed by atoms with Crippen LogP contribution in [0.1, 0.15) is 19.4 Å². The Morgan fingerprint density at radius 3 is 2.50 bits per heavy atom. The lowest BCUT2D eigenvalue weighted by atomic mass is 10.2. The second-order valence-electron chi connectivity index (χ2n) is 5.75. The number of ether oxygens (including phenoxy) is 2. The third-order valence-corrected chi connectivity index (χ3v) is 3.62. The lowest BCUT2D eigenvalue weighted by Gasteiger charge is -2.19. The predicted octanol–water partition coefficient (Wildman–Crippen LogP) is 4.00. The van der Waals surface area contributed by atoms with Crippen LogP contribution in [0.2, 0.25) is 5.02 Å². The Kier molecular flexibility index (Phi) is 6.50. The van der Waals surface area contributed by atoms with E-state index in [1.165, 1.54) is 5.56 Å². The van der Waals surface area contributed by atoms with Crippen LogP contribution in [-0.2, 0) is 4.79 Å². The summed E-state index contributed by atoms with van der Waals surface area (Å²) in [6.45, 7) is 5.99. The topological polar surface area (TPSA) is 47.6 Å². The SMILES string of the molecule is Cc1ccc(OC[C@H](C)NC(=O)[C@H](C)Oc2cccc(Cl)c2)cc1. The van der Waals surface area contributed by atoms with Crippen molar-refractivity contribution in [2.45, 2.75) is 32.9 Å². The molecule has 0 aliphatic rings. The third kappa shape index (κ3) is 5.78. The summed E-state index contributed by atoms with van der Waals surface area (Å²) >= 11 is 5.90. The average Bonchev–Trinajstić information content (AvgIpc) is 2.54. The van der Waals surface area contributed by atoms with E-state index >= 15 is 0 Å². The van der Waals surface area contributed by atoms with Gasteiger partial charge in [0.15, 0.2) is 6.10 Å². The monoisotopic (exact) mass is 347 g/mol. The van der Waals surface area contributed by atoms with Gasteiger partial charge in [-0.15, -0.1) is 0 Å². The number of aryl methyl sites for hydroxylation is 1. The molecule has 2 atom stereocenters. The lowest BCUT2D eigenvalue weighted by molar-refractivity contribution is -0.128. The van der Waals surface area contributed by atoms with Crippen molar-refractivity contribution in [2.75, 3.05) is 6.61 Å². The average molecular weight is 348 g/mol. The quantitative estimate of drug-likeness (QED) is 0.823. The van der Waals surface area contributed by atoms with Gasteiger partial charge in [-0.1, -0.05) is 35.4 Å². The highest BCUT2D eigenvalue weighted by atomic mass is 35.5. The van der Waals surface area contributed by atoms with E-state index in [9.17, 15) is 4.79 Å². The van der Waals surface area contributed by atoms with Gasteiger partial charge in [0.25, 0.3) is 5.91 Å². The predicted molar refractivity (Wildman–Crippen MR) is 95.8 cm³/mol. The summed E-state index contributed by atoms with van der Waals surface area (Å²) in [4.78, 5) is 12.2. The summed E-state index contributed by atoms with van der Waals surface area (Å²) in [6.07, 6.45) is -0.620. The maximum absolute atomic E-state index is 12.2. The number of carbonyl (C=O) groups excluding carboxylic acids is 1. The number of amides is 1. The van der Waals surface area contributed by atoms with E-state index < -0.39 is 6.10 Å². The second kappa shape index (κ2) is 8.60.